The summed E-state index contributed by atoms with van der Waals surface area (Å²) in [5.41, 5.74) is 2.81. The van der Waals surface area contributed by atoms with E-state index in [9.17, 15) is 9.59 Å². The van der Waals surface area contributed by atoms with Gasteiger partial charge in [-0.2, -0.15) is 0 Å². The summed E-state index contributed by atoms with van der Waals surface area (Å²) in [6.45, 7) is 2.50. The molecule has 2 rings (SSSR count). The van der Waals surface area contributed by atoms with Crippen LogP contribution in [-0.4, -0.2) is 18.8 Å². The first-order valence-electron chi connectivity index (χ1n) is 7.58. The number of ketones is 1. The average molecular weight is 311 g/mol. The fourth-order valence-corrected chi connectivity index (χ4v) is 2.26. The van der Waals surface area contributed by atoms with E-state index in [2.05, 4.69) is 5.32 Å². The van der Waals surface area contributed by atoms with Crippen LogP contribution in [0.5, 0.6) is 5.75 Å². The molecule has 1 amide bonds. The molecule has 0 aromatic heterocycles. The molecule has 0 aliphatic carbocycles. The zero-order chi connectivity index (χ0) is 16.7. The molecule has 120 valence electrons. The molecule has 0 saturated carbocycles. The lowest BCUT2D eigenvalue weighted by Gasteiger charge is -2.06. The number of nitrogens with one attached hydrogen (secondary N) is 1. The van der Waals surface area contributed by atoms with Crippen LogP contribution in [0.4, 0.5) is 0 Å². The molecule has 23 heavy (non-hydrogen) atoms. The van der Waals surface area contributed by atoms with Gasteiger partial charge in [0.05, 0.1) is 7.11 Å². The maximum Gasteiger partial charge on any atom is 0.220 e. The first kappa shape index (κ1) is 16.7. The molecule has 0 atom stereocenters. The van der Waals surface area contributed by atoms with E-state index in [1.165, 1.54) is 0 Å². The van der Waals surface area contributed by atoms with Gasteiger partial charge in [-0.3, -0.25) is 9.59 Å². The van der Waals surface area contributed by atoms with E-state index in [1.54, 1.807) is 31.4 Å². The molecule has 0 fully saturated rings. The van der Waals surface area contributed by atoms with Crippen molar-refractivity contribution in [3.63, 3.8) is 0 Å². The van der Waals surface area contributed by atoms with Crippen molar-refractivity contribution >= 4 is 11.7 Å². The zero-order valence-corrected chi connectivity index (χ0v) is 13.5. The Morgan fingerprint density at radius 1 is 1.04 bits per heavy atom. The summed E-state index contributed by atoms with van der Waals surface area (Å²) >= 11 is 0. The molecule has 2 aromatic carbocycles. The molecule has 0 aliphatic rings. The van der Waals surface area contributed by atoms with Crippen LogP contribution in [0.2, 0.25) is 0 Å². The fourth-order valence-electron chi connectivity index (χ4n) is 2.26. The number of hydrogen-bond acceptors (Lipinski definition) is 3. The highest BCUT2D eigenvalue weighted by atomic mass is 16.5. The molecule has 2 aromatic rings. The van der Waals surface area contributed by atoms with Crippen molar-refractivity contribution in [1.82, 2.24) is 5.32 Å². The number of benzene rings is 2. The lowest BCUT2D eigenvalue weighted by atomic mass is 10.1. The molecule has 0 aliphatic heterocycles. The molecule has 0 saturated heterocycles. The number of carbonyl (C=O) groups excluding carboxylic acids is 2. The summed E-state index contributed by atoms with van der Waals surface area (Å²) in [5, 5.41) is 2.84. The first-order valence-corrected chi connectivity index (χ1v) is 7.58. The van der Waals surface area contributed by atoms with Crippen molar-refractivity contribution in [3.05, 3.63) is 65.2 Å². The van der Waals surface area contributed by atoms with Gasteiger partial charge in [0.1, 0.15) is 5.75 Å². The Hall–Kier alpha value is -2.62. The number of methoxy groups -OCH3 is 1. The van der Waals surface area contributed by atoms with E-state index >= 15 is 0 Å². The van der Waals surface area contributed by atoms with E-state index < -0.39 is 0 Å². The van der Waals surface area contributed by atoms with E-state index in [-0.39, 0.29) is 24.5 Å². The molecule has 0 unspecified atom stereocenters. The van der Waals surface area contributed by atoms with E-state index in [0.29, 0.717) is 17.9 Å². The molecule has 4 heteroatoms. The van der Waals surface area contributed by atoms with Crippen LogP contribution >= 0.6 is 0 Å². The number of ether oxygens (including phenoxy) is 1. The minimum absolute atomic E-state index is 0.0432. The Kier molecular flexibility index (Phi) is 5.92. The Bertz CT molecular complexity index is 677. The number of hydrogen-bond donors (Lipinski definition) is 1. The zero-order valence-electron chi connectivity index (χ0n) is 13.5. The summed E-state index contributed by atoms with van der Waals surface area (Å²) in [6, 6.07) is 14.9. The first-order chi connectivity index (χ1) is 11.1. The largest absolute Gasteiger partial charge is 0.497 e. The Morgan fingerprint density at radius 2 is 1.78 bits per heavy atom. The van der Waals surface area contributed by atoms with Gasteiger partial charge in [0, 0.05) is 24.9 Å². The van der Waals surface area contributed by atoms with Gasteiger partial charge in [0.15, 0.2) is 5.78 Å². The highest BCUT2D eigenvalue weighted by Crippen LogP contribution is 2.13. The second-order valence-corrected chi connectivity index (χ2v) is 5.42. The van der Waals surface area contributed by atoms with E-state index in [4.69, 9.17) is 4.74 Å². The predicted octanol–water partition coefficient (Wildman–Crippen LogP) is 3.28. The quantitative estimate of drug-likeness (QED) is 0.798. The third kappa shape index (κ3) is 5.25. The second kappa shape index (κ2) is 8.13. The molecule has 0 heterocycles. The van der Waals surface area contributed by atoms with Crippen LogP contribution in [0, 0.1) is 6.92 Å². The highest BCUT2D eigenvalue weighted by Gasteiger charge is 2.09. The summed E-state index contributed by atoms with van der Waals surface area (Å²) in [6.07, 6.45) is 0.392. The minimum atomic E-state index is -0.117. The van der Waals surface area contributed by atoms with Crippen LogP contribution in [0.1, 0.15) is 34.3 Å². The van der Waals surface area contributed by atoms with Gasteiger partial charge in [-0.25, -0.2) is 0 Å². The maximum atomic E-state index is 12.0. The van der Waals surface area contributed by atoms with Gasteiger partial charge in [0.25, 0.3) is 0 Å². The van der Waals surface area contributed by atoms with Crippen molar-refractivity contribution in [1.29, 1.82) is 0 Å². The molecule has 1 N–H and O–H groups in total. The van der Waals surface area contributed by atoms with Gasteiger partial charge < -0.3 is 10.1 Å². The van der Waals surface area contributed by atoms with Crippen molar-refractivity contribution in [2.75, 3.05) is 7.11 Å². The summed E-state index contributed by atoms with van der Waals surface area (Å²) < 4.78 is 5.05. The SMILES string of the molecule is COc1ccc(C(=O)CCC(=O)NCc2cccc(C)c2)cc1. The molecular weight excluding hydrogens is 290 g/mol. The fraction of sp³-hybridized carbons (Fsp3) is 0.263. The topological polar surface area (TPSA) is 55.4 Å². The van der Waals surface area contributed by atoms with Crippen molar-refractivity contribution in [2.24, 2.45) is 0 Å². The summed E-state index contributed by atoms with van der Waals surface area (Å²) in [5.74, 6) is 0.546. The number of amides is 1. The average Bonchev–Trinajstić information content (AvgIpc) is 2.58. The van der Waals surface area contributed by atoms with Crippen molar-refractivity contribution < 1.29 is 14.3 Å². The third-order valence-electron chi connectivity index (χ3n) is 3.56. The van der Waals surface area contributed by atoms with Gasteiger partial charge >= 0.3 is 0 Å². The summed E-state index contributed by atoms with van der Waals surface area (Å²) in [4.78, 5) is 23.9. The number of aryl methyl sites for hydroxylation is 1. The van der Waals surface area contributed by atoms with Crippen LogP contribution in [0.3, 0.4) is 0 Å². The molecule has 0 bridgehead atoms. The Morgan fingerprint density at radius 3 is 2.43 bits per heavy atom. The normalized spacial score (nSPS) is 10.2. The van der Waals surface area contributed by atoms with E-state index in [0.717, 1.165) is 11.1 Å². The summed E-state index contributed by atoms with van der Waals surface area (Å²) in [7, 11) is 1.58. The Balaban J connectivity index is 1.78. The smallest absolute Gasteiger partial charge is 0.220 e. The van der Waals surface area contributed by atoms with Gasteiger partial charge in [-0.1, -0.05) is 29.8 Å². The van der Waals surface area contributed by atoms with Crippen LogP contribution in [0.25, 0.3) is 0 Å². The lowest BCUT2D eigenvalue weighted by Crippen LogP contribution is -2.23. The molecule has 0 spiro atoms. The minimum Gasteiger partial charge on any atom is -0.497 e. The predicted molar refractivity (Wildman–Crippen MR) is 89.6 cm³/mol. The maximum absolute atomic E-state index is 12.0. The number of rotatable bonds is 7. The van der Waals surface area contributed by atoms with Gasteiger partial charge in [-0.05, 0) is 36.8 Å². The molecule has 0 radical (unpaired) electrons. The van der Waals surface area contributed by atoms with Crippen molar-refractivity contribution in [3.8, 4) is 5.75 Å². The molecule has 4 nitrogen and oxygen atoms in total. The van der Waals surface area contributed by atoms with E-state index in [1.807, 2.05) is 31.2 Å². The molecular formula is C19H21NO3. The van der Waals surface area contributed by atoms with Crippen LogP contribution in [0.15, 0.2) is 48.5 Å². The van der Waals surface area contributed by atoms with Crippen LogP contribution in [-0.2, 0) is 11.3 Å². The monoisotopic (exact) mass is 311 g/mol. The lowest BCUT2D eigenvalue weighted by molar-refractivity contribution is -0.121. The second-order valence-electron chi connectivity index (χ2n) is 5.42. The highest BCUT2D eigenvalue weighted by molar-refractivity contribution is 5.98. The van der Waals surface area contributed by atoms with Gasteiger partial charge in [0.2, 0.25) is 5.91 Å². The Labute approximate surface area is 136 Å². The third-order valence-corrected chi connectivity index (χ3v) is 3.56. The van der Waals surface area contributed by atoms with Crippen molar-refractivity contribution in [2.45, 2.75) is 26.3 Å². The standard InChI is InChI=1S/C19H21NO3/c1-14-4-3-5-15(12-14)13-20-19(22)11-10-18(21)16-6-8-17(23-2)9-7-16/h3-9,12H,10-11,13H2,1-2H3,(H,20,22). The van der Waals surface area contributed by atoms with Crippen LogP contribution < -0.4 is 10.1 Å². The number of carbonyl (C=O) groups is 2. The number of Topliss-reactive ketones (excluding diaryl/α,β-unsaturated/α-hetero) is 1. The van der Waals surface area contributed by atoms with Gasteiger partial charge in [-0.15, -0.1) is 0 Å².